The van der Waals surface area contributed by atoms with Gasteiger partial charge in [-0.25, -0.2) is 13.1 Å². The highest BCUT2D eigenvalue weighted by Crippen LogP contribution is 2.35. The smallest absolute Gasteiger partial charge is 0.182 e. The predicted octanol–water partition coefficient (Wildman–Crippen LogP) is 2.44. The zero-order valence-corrected chi connectivity index (χ0v) is 13.9. The molecule has 0 unspecified atom stereocenters. The second-order valence-electron chi connectivity index (χ2n) is 6.35. The molecule has 6 nitrogen and oxygen atoms in total. The maximum atomic E-state index is 12.0. The second kappa shape index (κ2) is 6.25. The first kappa shape index (κ1) is 16.1. The number of anilines is 2. The summed E-state index contributed by atoms with van der Waals surface area (Å²) < 4.78 is 25.8. The van der Waals surface area contributed by atoms with Crippen molar-refractivity contribution in [3.8, 4) is 0 Å². The molecule has 2 rings (SSSR count). The van der Waals surface area contributed by atoms with Crippen LogP contribution < -0.4 is 11.1 Å². The molecule has 3 N–H and O–H groups in total. The Bertz CT molecular complexity index is 586. The minimum absolute atomic E-state index is 0.147. The van der Waals surface area contributed by atoms with E-state index >= 15 is 0 Å². The molecule has 1 aliphatic carbocycles. The van der Waals surface area contributed by atoms with Gasteiger partial charge < -0.3 is 11.1 Å². The van der Waals surface area contributed by atoms with E-state index in [-0.39, 0.29) is 16.8 Å². The summed E-state index contributed by atoms with van der Waals surface area (Å²) in [5, 5.41) is 7.60. The monoisotopic (exact) mass is 314 g/mol. The second-order valence-corrected chi connectivity index (χ2v) is 8.30. The van der Waals surface area contributed by atoms with Crippen LogP contribution in [0.15, 0.2) is 4.90 Å². The van der Waals surface area contributed by atoms with E-state index in [0.717, 1.165) is 25.7 Å². The molecular weight excluding hydrogens is 288 g/mol. The third-order valence-corrected chi connectivity index (χ3v) is 5.02. The number of nitrogens with one attached hydrogen (secondary N) is 1. The van der Waals surface area contributed by atoms with Gasteiger partial charge in [0.1, 0.15) is 5.82 Å². The van der Waals surface area contributed by atoms with Crippen LogP contribution in [0.1, 0.15) is 52.0 Å². The van der Waals surface area contributed by atoms with E-state index in [1.165, 1.54) is 12.7 Å². The number of sulfone groups is 1. The van der Waals surface area contributed by atoms with Crippen molar-refractivity contribution >= 4 is 21.5 Å². The van der Waals surface area contributed by atoms with Gasteiger partial charge in [0.25, 0.3) is 0 Å². The highest BCUT2D eigenvalue weighted by atomic mass is 32.2. The largest absolute Gasteiger partial charge is 0.383 e. The van der Waals surface area contributed by atoms with E-state index < -0.39 is 9.84 Å². The van der Waals surface area contributed by atoms with Crippen molar-refractivity contribution in [2.24, 2.45) is 5.92 Å². The van der Waals surface area contributed by atoms with Crippen LogP contribution in [-0.4, -0.2) is 31.0 Å². The van der Waals surface area contributed by atoms with Gasteiger partial charge in [0.05, 0.1) is 6.04 Å². The van der Waals surface area contributed by atoms with Gasteiger partial charge in [0.15, 0.2) is 20.6 Å². The lowest BCUT2D eigenvalue weighted by Crippen LogP contribution is -2.17. The molecule has 0 aromatic carbocycles. The Morgan fingerprint density at radius 1 is 1.33 bits per heavy atom. The van der Waals surface area contributed by atoms with E-state index in [0.29, 0.717) is 18.3 Å². The van der Waals surface area contributed by atoms with Crippen LogP contribution in [0.2, 0.25) is 0 Å². The molecule has 1 fully saturated rings. The van der Waals surface area contributed by atoms with Crippen LogP contribution >= 0.6 is 0 Å². The summed E-state index contributed by atoms with van der Waals surface area (Å²) >= 11 is 0. The van der Waals surface area contributed by atoms with Crippen molar-refractivity contribution in [3.05, 3.63) is 0 Å². The number of hydrogen-bond donors (Lipinski definition) is 2. The first-order valence-electron chi connectivity index (χ1n) is 7.62. The van der Waals surface area contributed by atoms with Crippen LogP contribution in [0, 0.1) is 5.92 Å². The fraction of sp³-hybridized carbons (Fsp3) is 0.786. The fourth-order valence-corrected chi connectivity index (χ4v) is 3.76. The van der Waals surface area contributed by atoms with Gasteiger partial charge in [0.2, 0.25) is 0 Å². The molecule has 1 aromatic rings. The fourth-order valence-electron chi connectivity index (χ4n) is 2.82. The molecule has 0 bridgehead atoms. The van der Waals surface area contributed by atoms with E-state index in [1.807, 2.05) is 0 Å². The summed E-state index contributed by atoms with van der Waals surface area (Å²) in [6, 6.07) is 0.217. The maximum Gasteiger partial charge on any atom is 0.182 e. The Balaban J connectivity index is 2.38. The van der Waals surface area contributed by atoms with Crippen molar-refractivity contribution < 1.29 is 8.42 Å². The van der Waals surface area contributed by atoms with Gasteiger partial charge in [-0.3, -0.25) is 0 Å². The normalized spacial score (nSPS) is 17.3. The van der Waals surface area contributed by atoms with Crippen molar-refractivity contribution in [1.82, 2.24) is 9.78 Å². The third-order valence-electron chi connectivity index (χ3n) is 3.87. The molecule has 0 radical (unpaired) electrons. The van der Waals surface area contributed by atoms with E-state index in [2.05, 4.69) is 24.3 Å². The number of nitrogens with zero attached hydrogens (tertiary/aromatic N) is 2. The molecule has 120 valence electrons. The van der Waals surface area contributed by atoms with E-state index in [1.54, 1.807) is 4.68 Å². The summed E-state index contributed by atoms with van der Waals surface area (Å²) in [6.45, 7) is 4.80. The molecule has 0 saturated heterocycles. The van der Waals surface area contributed by atoms with Crippen LogP contribution in [0.5, 0.6) is 0 Å². The summed E-state index contributed by atoms with van der Waals surface area (Å²) in [7, 11) is -3.40. The zero-order chi connectivity index (χ0) is 15.6. The Labute approximate surface area is 127 Å². The van der Waals surface area contributed by atoms with Crippen LogP contribution in [0.4, 0.5) is 11.6 Å². The first-order chi connectivity index (χ1) is 9.80. The Morgan fingerprint density at radius 2 is 1.95 bits per heavy atom. The molecule has 0 amide bonds. The average molecular weight is 314 g/mol. The van der Waals surface area contributed by atoms with Gasteiger partial charge >= 0.3 is 0 Å². The predicted molar refractivity (Wildman–Crippen MR) is 85.2 cm³/mol. The highest BCUT2D eigenvalue weighted by Gasteiger charge is 2.28. The molecule has 1 aromatic heterocycles. The number of nitrogens with two attached hydrogens (primary N) is 1. The number of nitrogen functional groups attached to an aromatic ring is 1. The molecule has 1 heterocycles. The lowest BCUT2D eigenvalue weighted by Gasteiger charge is -2.22. The molecule has 0 atom stereocenters. The lowest BCUT2D eigenvalue weighted by molar-refractivity contribution is 0.333. The standard InChI is InChI=1S/C14H26N4O2S/c1-10(2)9-16-14-12(21(3,19)20)13(15)18(17-14)11-7-5-4-6-8-11/h10-11H,4-9,15H2,1-3H3,(H,16,17). The molecule has 1 aliphatic rings. The maximum absolute atomic E-state index is 12.0. The average Bonchev–Trinajstić information content (AvgIpc) is 2.74. The van der Waals surface area contributed by atoms with Crippen molar-refractivity contribution in [2.45, 2.75) is 56.9 Å². The minimum atomic E-state index is -3.40. The van der Waals surface area contributed by atoms with Crippen molar-refractivity contribution in [1.29, 1.82) is 0 Å². The topological polar surface area (TPSA) is 90.0 Å². The lowest BCUT2D eigenvalue weighted by atomic mass is 9.96. The number of rotatable bonds is 5. The summed E-state index contributed by atoms with van der Waals surface area (Å²) in [4.78, 5) is 0.147. The minimum Gasteiger partial charge on any atom is -0.383 e. The Hall–Kier alpha value is -1.24. The van der Waals surface area contributed by atoms with Crippen LogP contribution in [-0.2, 0) is 9.84 Å². The molecule has 7 heteroatoms. The zero-order valence-electron chi connectivity index (χ0n) is 13.1. The molecule has 21 heavy (non-hydrogen) atoms. The van der Waals surface area contributed by atoms with Gasteiger partial charge in [-0.05, 0) is 18.8 Å². The van der Waals surface area contributed by atoms with Crippen LogP contribution in [0.3, 0.4) is 0 Å². The first-order valence-corrected chi connectivity index (χ1v) is 9.51. The molecular formula is C14H26N4O2S. The molecule has 0 aliphatic heterocycles. The third kappa shape index (κ3) is 3.70. The summed E-state index contributed by atoms with van der Waals surface area (Å²) in [5.41, 5.74) is 6.11. The summed E-state index contributed by atoms with van der Waals surface area (Å²) in [6.07, 6.45) is 6.73. The van der Waals surface area contributed by atoms with Gasteiger partial charge in [-0.1, -0.05) is 33.1 Å². The Kier molecular flexibility index (Phi) is 4.81. The quantitative estimate of drug-likeness (QED) is 0.871. The molecule has 1 saturated carbocycles. The van der Waals surface area contributed by atoms with Crippen molar-refractivity contribution in [2.75, 3.05) is 23.9 Å². The SMILES string of the molecule is CC(C)CNc1nn(C2CCCCC2)c(N)c1S(C)(=O)=O. The van der Waals surface area contributed by atoms with E-state index in [4.69, 9.17) is 5.73 Å². The highest BCUT2D eigenvalue weighted by molar-refractivity contribution is 7.91. The number of hydrogen-bond acceptors (Lipinski definition) is 5. The van der Waals surface area contributed by atoms with Gasteiger partial charge in [-0.2, -0.15) is 5.10 Å². The van der Waals surface area contributed by atoms with Gasteiger partial charge in [0, 0.05) is 12.8 Å². The Morgan fingerprint density at radius 3 is 2.48 bits per heavy atom. The molecule has 0 spiro atoms. The van der Waals surface area contributed by atoms with Crippen LogP contribution in [0.25, 0.3) is 0 Å². The van der Waals surface area contributed by atoms with Gasteiger partial charge in [-0.15, -0.1) is 0 Å². The number of aromatic nitrogens is 2. The van der Waals surface area contributed by atoms with E-state index in [9.17, 15) is 8.42 Å². The van der Waals surface area contributed by atoms with Crippen molar-refractivity contribution in [3.63, 3.8) is 0 Å². The summed E-state index contributed by atoms with van der Waals surface area (Å²) in [5.74, 6) is 1.07.